The molecule has 0 fully saturated rings. The van der Waals surface area contributed by atoms with E-state index in [2.05, 4.69) is 4.52 Å². The van der Waals surface area contributed by atoms with Gasteiger partial charge in [-0.25, -0.2) is 4.57 Å². The van der Waals surface area contributed by atoms with E-state index in [4.69, 9.17) is 0 Å². The summed E-state index contributed by atoms with van der Waals surface area (Å²) in [5.41, 5.74) is -0.274. The predicted octanol–water partition coefficient (Wildman–Crippen LogP) is 1.36. The molecule has 8 heavy (non-hydrogen) atoms. The first kappa shape index (κ1) is 11.8. The Morgan fingerprint density at radius 3 is 1.75 bits per heavy atom. The van der Waals surface area contributed by atoms with Crippen molar-refractivity contribution in [3.63, 3.8) is 0 Å². The van der Waals surface area contributed by atoms with Gasteiger partial charge >= 0.3 is 38.2 Å². The molecule has 0 aromatic rings. The molecule has 0 N–H and O–H groups in total. The molecule has 0 saturated heterocycles. The Morgan fingerprint density at radius 1 is 1.38 bits per heavy atom. The van der Waals surface area contributed by atoms with E-state index in [9.17, 15) is 4.57 Å². The fraction of sp³-hybridized carbons (Fsp3) is 1.00. The minimum absolute atomic E-state index is 0. The maximum atomic E-state index is 9.70. The molecule has 0 aliphatic carbocycles. The van der Waals surface area contributed by atoms with Crippen molar-refractivity contribution < 1.29 is 9.09 Å². The van der Waals surface area contributed by atoms with Crippen LogP contribution in [0.15, 0.2) is 0 Å². The van der Waals surface area contributed by atoms with Crippen LogP contribution in [0.25, 0.3) is 0 Å². The van der Waals surface area contributed by atoms with Crippen molar-refractivity contribution in [1.82, 2.24) is 0 Å². The summed E-state index contributed by atoms with van der Waals surface area (Å²) < 4.78 is 14.3. The second kappa shape index (κ2) is 4.89. The molecule has 0 atom stereocenters. The van der Waals surface area contributed by atoms with Gasteiger partial charge in [0, 0.05) is 0 Å². The van der Waals surface area contributed by atoms with Gasteiger partial charge in [0.1, 0.15) is 0 Å². The van der Waals surface area contributed by atoms with Gasteiger partial charge in [-0.15, -0.1) is 0 Å². The van der Waals surface area contributed by atoms with Crippen molar-refractivity contribution in [2.24, 2.45) is 0 Å². The van der Waals surface area contributed by atoms with Gasteiger partial charge in [-0.1, -0.05) is 0 Å². The predicted molar refractivity (Wildman–Crippen MR) is 35.6 cm³/mol. The molecule has 0 bridgehead atoms. The molecule has 0 saturated carbocycles. The fourth-order valence-electron chi connectivity index (χ4n) is 0.112. The fourth-order valence-corrected chi connectivity index (χ4v) is 0.335. The van der Waals surface area contributed by atoms with Crippen molar-refractivity contribution in [3.05, 3.63) is 0 Å². The van der Waals surface area contributed by atoms with Crippen LogP contribution in [0.3, 0.4) is 0 Å². The summed E-state index contributed by atoms with van der Waals surface area (Å²) in [6.45, 7) is 5.54. The Hall–Kier alpha value is 1.06. The van der Waals surface area contributed by atoms with Crippen LogP contribution >= 0.6 is 8.69 Å². The van der Waals surface area contributed by atoms with Gasteiger partial charge in [-0.3, -0.25) is 4.52 Å². The quantitative estimate of drug-likeness (QED) is 0.410. The van der Waals surface area contributed by atoms with Crippen molar-refractivity contribution in [1.29, 1.82) is 0 Å². The molecule has 0 amide bonds. The Balaban J connectivity index is 0. The number of rotatable bonds is 1. The van der Waals surface area contributed by atoms with Crippen LogP contribution in [0.2, 0.25) is 0 Å². The zero-order valence-electron chi connectivity index (χ0n) is 4.76. The van der Waals surface area contributed by atoms with Crippen molar-refractivity contribution in [3.8, 4) is 0 Å². The summed E-state index contributed by atoms with van der Waals surface area (Å²) in [5, 5.41) is 0. The van der Waals surface area contributed by atoms with Crippen LogP contribution in [0.4, 0.5) is 0 Å². The van der Waals surface area contributed by atoms with Gasteiger partial charge < -0.3 is 0 Å². The van der Waals surface area contributed by atoms with E-state index in [-0.39, 0.29) is 43.8 Å². The van der Waals surface area contributed by atoms with Crippen LogP contribution in [-0.4, -0.2) is 35.2 Å². The van der Waals surface area contributed by atoms with Crippen LogP contribution in [0.1, 0.15) is 20.8 Å². The molecule has 0 unspecified atom stereocenters. The Kier molecular flexibility index (Phi) is 7.22. The van der Waals surface area contributed by atoms with E-state index in [0.29, 0.717) is 0 Å². The zero-order chi connectivity index (χ0) is 5.91. The number of hydrogen-bond acceptors (Lipinski definition) is 2. The zero-order valence-corrected chi connectivity index (χ0v) is 5.66. The van der Waals surface area contributed by atoms with E-state index in [1.54, 1.807) is 0 Å². The Labute approximate surface area is 73.6 Å². The molecule has 0 radical (unpaired) electrons. The first-order valence-corrected chi connectivity index (χ1v) is 2.80. The topological polar surface area (TPSA) is 26.3 Å². The third kappa shape index (κ3) is 10.1. The van der Waals surface area contributed by atoms with Crippen LogP contribution < -0.4 is 0 Å². The monoisotopic (exact) mass is 144 g/mol. The standard InChI is InChI=1S/C4H9O2P.Na.H/c1-4(2,3)6-7-5;;/h1-3H3;;. The van der Waals surface area contributed by atoms with E-state index in [0.717, 1.165) is 0 Å². The molecule has 0 spiro atoms. The molecule has 0 rings (SSSR count). The summed E-state index contributed by atoms with van der Waals surface area (Å²) in [4.78, 5) is 0. The van der Waals surface area contributed by atoms with Gasteiger partial charge in [0.05, 0.1) is 5.60 Å². The Bertz CT molecular complexity index is 68.9. The first-order chi connectivity index (χ1) is 3.06. The molecule has 0 aromatic carbocycles. The van der Waals surface area contributed by atoms with Crippen LogP contribution in [0, 0.1) is 0 Å². The second-order valence-corrected chi connectivity index (χ2v) is 2.61. The van der Waals surface area contributed by atoms with Gasteiger partial charge in [0.25, 0.3) is 0 Å². The van der Waals surface area contributed by atoms with Gasteiger partial charge in [0.15, 0.2) is 0 Å². The van der Waals surface area contributed by atoms with Gasteiger partial charge in [-0.2, -0.15) is 0 Å². The molecular weight excluding hydrogens is 134 g/mol. The van der Waals surface area contributed by atoms with Crippen LogP contribution in [-0.2, 0) is 9.09 Å². The number of hydrogen-bond donors (Lipinski definition) is 0. The van der Waals surface area contributed by atoms with Crippen molar-refractivity contribution >= 4 is 38.2 Å². The van der Waals surface area contributed by atoms with E-state index < -0.39 is 0 Å². The first-order valence-electron chi connectivity index (χ1n) is 2.07. The second-order valence-electron chi connectivity index (χ2n) is 2.28. The summed E-state index contributed by atoms with van der Waals surface area (Å²) in [7, 11) is -0.241. The van der Waals surface area contributed by atoms with E-state index in [1.807, 2.05) is 20.8 Å². The maximum absolute atomic E-state index is 9.70. The Morgan fingerprint density at radius 2 is 1.75 bits per heavy atom. The third-order valence-electron chi connectivity index (χ3n) is 0.311. The molecule has 2 nitrogen and oxygen atoms in total. The average molecular weight is 144 g/mol. The molecule has 0 heterocycles. The van der Waals surface area contributed by atoms with Gasteiger partial charge in [-0.05, 0) is 20.8 Å². The average Bonchev–Trinajstić information content (AvgIpc) is 1.30. The summed E-state index contributed by atoms with van der Waals surface area (Å²) >= 11 is 0. The third-order valence-corrected chi connectivity index (χ3v) is 0.933. The molecular formula is C4H10NaO2P. The summed E-state index contributed by atoms with van der Waals surface area (Å²) in [6, 6.07) is 0. The van der Waals surface area contributed by atoms with Crippen molar-refractivity contribution in [2.75, 3.05) is 0 Å². The minimum atomic E-state index is -0.274. The van der Waals surface area contributed by atoms with Gasteiger partial charge in [0.2, 0.25) is 0 Å². The molecule has 0 aromatic heterocycles. The normalized spacial score (nSPS) is 10.9. The summed E-state index contributed by atoms with van der Waals surface area (Å²) in [5.74, 6) is 0. The SMILES string of the molecule is CC(C)(C)OP=O.[NaH]. The van der Waals surface area contributed by atoms with E-state index >= 15 is 0 Å². The van der Waals surface area contributed by atoms with E-state index in [1.165, 1.54) is 0 Å². The molecule has 44 valence electrons. The molecule has 4 heteroatoms. The molecule has 0 aliphatic rings. The van der Waals surface area contributed by atoms with Crippen LogP contribution in [0.5, 0.6) is 0 Å². The summed E-state index contributed by atoms with van der Waals surface area (Å²) in [6.07, 6.45) is 0. The van der Waals surface area contributed by atoms with Crippen molar-refractivity contribution in [2.45, 2.75) is 26.4 Å². The molecule has 0 aliphatic heterocycles.